The van der Waals surface area contributed by atoms with Gasteiger partial charge < -0.3 is 15.4 Å². The molecule has 0 aliphatic rings. The van der Waals surface area contributed by atoms with Crippen LogP contribution in [0.2, 0.25) is 10.0 Å². The minimum absolute atomic E-state index is 0.125. The van der Waals surface area contributed by atoms with E-state index in [1.165, 1.54) is 19.2 Å². The molecular formula is C17H22Cl2N2O4. The molecule has 0 aliphatic heterocycles. The van der Waals surface area contributed by atoms with Gasteiger partial charge in [-0.1, -0.05) is 36.0 Å². The lowest BCUT2D eigenvalue weighted by Crippen LogP contribution is -2.37. The van der Waals surface area contributed by atoms with Crippen LogP contribution < -0.4 is 10.6 Å². The first kappa shape index (κ1) is 21.3. The molecule has 138 valence electrons. The molecule has 0 saturated carbocycles. The maximum atomic E-state index is 12.0. The van der Waals surface area contributed by atoms with Crippen LogP contribution >= 0.6 is 23.2 Å². The number of ether oxygens (including phenoxy) is 1. The molecule has 1 rings (SSSR count). The number of hydrogen-bond acceptors (Lipinski definition) is 4. The number of unbranched alkanes of at least 4 members (excludes halogenated alkanes) is 3. The zero-order chi connectivity index (χ0) is 18.7. The fourth-order valence-electron chi connectivity index (χ4n) is 2.07. The summed E-state index contributed by atoms with van der Waals surface area (Å²) in [5.74, 6) is -0.905. The van der Waals surface area contributed by atoms with E-state index in [2.05, 4.69) is 15.4 Å². The molecule has 0 saturated heterocycles. The van der Waals surface area contributed by atoms with Crippen molar-refractivity contribution in [2.45, 2.75) is 32.1 Å². The van der Waals surface area contributed by atoms with Gasteiger partial charge in [0.2, 0.25) is 5.91 Å². The van der Waals surface area contributed by atoms with Gasteiger partial charge in [-0.15, -0.1) is 0 Å². The van der Waals surface area contributed by atoms with Gasteiger partial charge in [-0.3, -0.25) is 14.4 Å². The standard InChI is InChI=1S/C17H22Cl2N2O4/c1-25-16(23)6-4-2-3-5-9-20-15(22)11-21-17(24)13-8-7-12(18)10-14(13)19/h7-8,10H,2-6,9,11H2,1H3,(H,20,22)(H,21,24). The van der Waals surface area contributed by atoms with Gasteiger partial charge in [0.05, 0.1) is 24.2 Å². The Morgan fingerprint density at radius 1 is 1.04 bits per heavy atom. The first-order valence-corrected chi connectivity index (χ1v) is 8.76. The summed E-state index contributed by atoms with van der Waals surface area (Å²) in [5.41, 5.74) is 0.268. The molecule has 0 unspecified atom stereocenters. The van der Waals surface area contributed by atoms with Crippen molar-refractivity contribution in [2.24, 2.45) is 0 Å². The SMILES string of the molecule is COC(=O)CCCCCCNC(=O)CNC(=O)c1ccc(Cl)cc1Cl. The van der Waals surface area contributed by atoms with Crippen molar-refractivity contribution in [3.8, 4) is 0 Å². The number of methoxy groups -OCH3 is 1. The van der Waals surface area contributed by atoms with Crippen LogP contribution in [-0.2, 0) is 14.3 Å². The second kappa shape index (κ2) is 11.7. The normalized spacial score (nSPS) is 10.2. The van der Waals surface area contributed by atoms with Crippen molar-refractivity contribution in [1.29, 1.82) is 0 Å². The van der Waals surface area contributed by atoms with Crippen molar-refractivity contribution in [3.63, 3.8) is 0 Å². The Hall–Kier alpha value is -1.79. The van der Waals surface area contributed by atoms with E-state index >= 15 is 0 Å². The summed E-state index contributed by atoms with van der Waals surface area (Å²) in [6.07, 6.45) is 3.81. The fourth-order valence-corrected chi connectivity index (χ4v) is 2.56. The lowest BCUT2D eigenvalue weighted by atomic mass is 10.1. The maximum absolute atomic E-state index is 12.0. The van der Waals surface area contributed by atoms with Gasteiger partial charge >= 0.3 is 5.97 Å². The predicted molar refractivity (Wildman–Crippen MR) is 96.9 cm³/mol. The van der Waals surface area contributed by atoms with E-state index in [0.717, 1.165) is 25.7 Å². The molecule has 0 aromatic heterocycles. The summed E-state index contributed by atoms with van der Waals surface area (Å²) in [6.45, 7) is 0.398. The van der Waals surface area contributed by atoms with Gasteiger partial charge in [0.15, 0.2) is 0 Å². The first-order chi connectivity index (χ1) is 11.9. The molecule has 0 fully saturated rings. The molecule has 2 amide bonds. The molecule has 0 spiro atoms. The van der Waals surface area contributed by atoms with Crippen LogP contribution in [0, 0.1) is 0 Å². The predicted octanol–water partition coefficient (Wildman–Crippen LogP) is 2.96. The first-order valence-electron chi connectivity index (χ1n) is 8.00. The molecule has 0 heterocycles. The Balaban J connectivity index is 2.14. The lowest BCUT2D eigenvalue weighted by molar-refractivity contribution is -0.140. The Morgan fingerprint density at radius 2 is 1.76 bits per heavy atom. The Bertz CT molecular complexity index is 608. The smallest absolute Gasteiger partial charge is 0.305 e. The van der Waals surface area contributed by atoms with Crippen LogP contribution in [0.15, 0.2) is 18.2 Å². The third-order valence-corrected chi connectivity index (χ3v) is 3.99. The van der Waals surface area contributed by atoms with Crippen molar-refractivity contribution in [2.75, 3.05) is 20.2 Å². The van der Waals surface area contributed by atoms with Crippen molar-refractivity contribution >= 4 is 41.0 Å². The van der Waals surface area contributed by atoms with Gasteiger partial charge in [-0.25, -0.2) is 0 Å². The van der Waals surface area contributed by atoms with Crippen LogP contribution in [0.4, 0.5) is 0 Å². The number of benzene rings is 1. The largest absolute Gasteiger partial charge is 0.469 e. The Morgan fingerprint density at radius 3 is 2.44 bits per heavy atom. The summed E-state index contributed by atoms with van der Waals surface area (Å²) < 4.78 is 4.56. The Labute approximate surface area is 157 Å². The topological polar surface area (TPSA) is 84.5 Å². The maximum Gasteiger partial charge on any atom is 0.305 e. The van der Waals surface area contributed by atoms with E-state index < -0.39 is 5.91 Å². The van der Waals surface area contributed by atoms with E-state index in [4.69, 9.17) is 23.2 Å². The molecule has 8 heteroatoms. The number of carbonyl (C=O) groups is 3. The van der Waals surface area contributed by atoms with Gasteiger partial charge in [0.1, 0.15) is 0 Å². The lowest BCUT2D eigenvalue weighted by Gasteiger charge is -2.08. The number of rotatable bonds is 10. The third-order valence-electron chi connectivity index (χ3n) is 3.44. The summed E-state index contributed by atoms with van der Waals surface area (Å²) in [4.78, 5) is 34.6. The van der Waals surface area contributed by atoms with Crippen LogP contribution in [0.3, 0.4) is 0 Å². The summed E-state index contributed by atoms with van der Waals surface area (Å²) >= 11 is 11.7. The number of amides is 2. The molecule has 0 atom stereocenters. The monoisotopic (exact) mass is 388 g/mol. The van der Waals surface area contributed by atoms with Gasteiger partial charge in [-0.2, -0.15) is 0 Å². The van der Waals surface area contributed by atoms with Crippen molar-refractivity contribution in [3.05, 3.63) is 33.8 Å². The molecule has 0 bridgehead atoms. The van der Waals surface area contributed by atoms with E-state index in [1.54, 1.807) is 6.07 Å². The fraction of sp³-hybridized carbons (Fsp3) is 0.471. The summed E-state index contributed by atoms with van der Waals surface area (Å²) in [7, 11) is 1.37. The zero-order valence-electron chi connectivity index (χ0n) is 14.1. The van der Waals surface area contributed by atoms with Crippen LogP contribution in [0.5, 0.6) is 0 Å². The summed E-state index contributed by atoms with van der Waals surface area (Å²) in [5, 5.41) is 5.90. The second-order valence-corrected chi connectivity index (χ2v) is 6.24. The molecular weight excluding hydrogens is 367 g/mol. The second-order valence-electron chi connectivity index (χ2n) is 5.40. The molecule has 2 N–H and O–H groups in total. The highest BCUT2D eigenvalue weighted by atomic mass is 35.5. The molecule has 0 radical (unpaired) electrons. The van der Waals surface area contributed by atoms with E-state index in [9.17, 15) is 14.4 Å². The van der Waals surface area contributed by atoms with E-state index in [-0.39, 0.29) is 29.0 Å². The zero-order valence-corrected chi connectivity index (χ0v) is 15.6. The highest BCUT2D eigenvalue weighted by molar-refractivity contribution is 6.36. The molecule has 6 nitrogen and oxygen atoms in total. The minimum atomic E-state index is -0.431. The number of hydrogen-bond donors (Lipinski definition) is 2. The van der Waals surface area contributed by atoms with Crippen LogP contribution in [0.1, 0.15) is 42.5 Å². The van der Waals surface area contributed by atoms with Gasteiger partial charge in [0.25, 0.3) is 5.91 Å². The number of halogens is 2. The van der Waals surface area contributed by atoms with Gasteiger partial charge in [-0.05, 0) is 31.0 Å². The average molecular weight is 389 g/mol. The highest BCUT2D eigenvalue weighted by Crippen LogP contribution is 2.20. The molecule has 1 aromatic rings. The van der Waals surface area contributed by atoms with Crippen molar-refractivity contribution < 1.29 is 19.1 Å². The highest BCUT2D eigenvalue weighted by Gasteiger charge is 2.11. The molecule has 0 aliphatic carbocycles. The number of nitrogens with one attached hydrogen (secondary N) is 2. The quantitative estimate of drug-likeness (QED) is 0.476. The average Bonchev–Trinajstić information content (AvgIpc) is 2.58. The van der Waals surface area contributed by atoms with Gasteiger partial charge in [0, 0.05) is 18.0 Å². The van der Waals surface area contributed by atoms with E-state index in [1.807, 2.05) is 0 Å². The van der Waals surface area contributed by atoms with E-state index in [0.29, 0.717) is 18.0 Å². The van der Waals surface area contributed by atoms with Crippen molar-refractivity contribution in [1.82, 2.24) is 10.6 Å². The van der Waals surface area contributed by atoms with Crippen LogP contribution in [-0.4, -0.2) is 38.0 Å². The molecule has 1 aromatic carbocycles. The number of esters is 1. The Kier molecular flexibility index (Phi) is 9.96. The summed E-state index contributed by atoms with van der Waals surface area (Å²) in [6, 6.07) is 4.53. The minimum Gasteiger partial charge on any atom is -0.469 e. The third kappa shape index (κ3) is 8.74. The number of carbonyl (C=O) groups excluding carboxylic acids is 3. The molecule has 25 heavy (non-hydrogen) atoms. The van der Waals surface area contributed by atoms with Crippen LogP contribution in [0.25, 0.3) is 0 Å².